The van der Waals surface area contributed by atoms with E-state index in [0.29, 0.717) is 30.6 Å². The number of pyridine rings is 2. The van der Waals surface area contributed by atoms with E-state index >= 15 is 0 Å². The average Bonchev–Trinajstić information content (AvgIpc) is 2.61. The zero-order chi connectivity index (χ0) is 15.8. The Morgan fingerprint density at radius 3 is 2.96 bits per heavy atom. The zero-order valence-corrected chi connectivity index (χ0v) is 12.5. The third-order valence-electron chi connectivity index (χ3n) is 4.33. The van der Waals surface area contributed by atoms with Gasteiger partial charge in [-0.15, -0.1) is 0 Å². The van der Waals surface area contributed by atoms with Crippen LogP contribution in [0.2, 0.25) is 0 Å². The molecule has 0 radical (unpaired) electrons. The summed E-state index contributed by atoms with van der Waals surface area (Å²) in [5, 5.41) is 0.841. The highest BCUT2D eigenvalue weighted by Gasteiger charge is 2.24. The monoisotopic (exact) mass is 305 g/mol. The Kier molecular flexibility index (Phi) is 3.19. The Bertz CT molecular complexity index is 956. The molecule has 0 saturated heterocycles. The lowest BCUT2D eigenvalue weighted by Crippen LogP contribution is -2.38. The largest absolute Gasteiger partial charge is 0.334 e. The Balaban J connectivity index is 1.73. The van der Waals surface area contributed by atoms with E-state index < -0.39 is 0 Å². The van der Waals surface area contributed by atoms with Crippen molar-refractivity contribution in [3.05, 3.63) is 75.8 Å². The molecule has 2 aromatic heterocycles. The number of nitrogens with zero attached hydrogens (tertiary/aromatic N) is 2. The number of para-hydroxylation sites is 1. The standard InChI is InChI=1S/C18H15N3O2/c22-17-15-11-21(10-7-12(15)5-8-20-17)18(23)14-6-9-19-16-4-2-1-3-13(14)16/h1-6,8-9H,7,10-11H2,(H,20,22). The zero-order valence-electron chi connectivity index (χ0n) is 12.5. The van der Waals surface area contributed by atoms with Crippen molar-refractivity contribution in [1.82, 2.24) is 14.9 Å². The first-order valence-electron chi connectivity index (χ1n) is 7.56. The third kappa shape index (κ3) is 2.30. The second kappa shape index (κ2) is 5.35. The number of H-pyrrole nitrogens is 1. The molecule has 0 aliphatic carbocycles. The summed E-state index contributed by atoms with van der Waals surface area (Å²) in [6.07, 6.45) is 4.02. The molecule has 114 valence electrons. The summed E-state index contributed by atoms with van der Waals surface area (Å²) in [4.78, 5) is 33.6. The molecule has 0 spiro atoms. The molecule has 0 unspecified atom stereocenters. The smallest absolute Gasteiger partial charge is 0.254 e. The third-order valence-corrected chi connectivity index (χ3v) is 4.33. The molecule has 4 rings (SSSR count). The van der Waals surface area contributed by atoms with Gasteiger partial charge in [0.15, 0.2) is 0 Å². The molecular weight excluding hydrogens is 290 g/mol. The van der Waals surface area contributed by atoms with Gasteiger partial charge in [-0.2, -0.15) is 0 Å². The van der Waals surface area contributed by atoms with E-state index in [2.05, 4.69) is 9.97 Å². The first kappa shape index (κ1) is 13.7. The van der Waals surface area contributed by atoms with E-state index in [0.717, 1.165) is 16.5 Å². The fourth-order valence-electron chi connectivity index (χ4n) is 3.11. The summed E-state index contributed by atoms with van der Waals surface area (Å²) in [6, 6.07) is 11.3. The molecular formula is C18H15N3O2. The molecule has 1 aliphatic heterocycles. The molecule has 23 heavy (non-hydrogen) atoms. The lowest BCUT2D eigenvalue weighted by atomic mass is 10.0. The highest BCUT2D eigenvalue weighted by Crippen LogP contribution is 2.21. The number of carbonyl (C=O) groups is 1. The van der Waals surface area contributed by atoms with Crippen LogP contribution in [0.4, 0.5) is 0 Å². The molecule has 0 saturated carbocycles. The van der Waals surface area contributed by atoms with Crippen molar-refractivity contribution in [3.63, 3.8) is 0 Å². The highest BCUT2D eigenvalue weighted by atomic mass is 16.2. The normalized spacial score (nSPS) is 13.8. The van der Waals surface area contributed by atoms with Crippen LogP contribution in [0.1, 0.15) is 21.5 Å². The van der Waals surface area contributed by atoms with Crippen LogP contribution in [-0.2, 0) is 13.0 Å². The van der Waals surface area contributed by atoms with Gasteiger partial charge in [-0.25, -0.2) is 0 Å². The van der Waals surface area contributed by atoms with Crippen molar-refractivity contribution < 1.29 is 4.79 Å². The molecule has 1 amide bonds. The van der Waals surface area contributed by atoms with Crippen molar-refractivity contribution in [1.29, 1.82) is 0 Å². The van der Waals surface area contributed by atoms with Crippen LogP contribution in [0, 0.1) is 0 Å². The van der Waals surface area contributed by atoms with Gasteiger partial charge in [-0.1, -0.05) is 18.2 Å². The van der Waals surface area contributed by atoms with Gasteiger partial charge in [0.1, 0.15) is 0 Å². The van der Waals surface area contributed by atoms with E-state index in [4.69, 9.17) is 0 Å². The minimum Gasteiger partial charge on any atom is -0.334 e. The number of hydrogen-bond acceptors (Lipinski definition) is 3. The van der Waals surface area contributed by atoms with Crippen LogP contribution in [0.25, 0.3) is 10.9 Å². The first-order valence-corrected chi connectivity index (χ1v) is 7.56. The number of rotatable bonds is 1. The summed E-state index contributed by atoms with van der Waals surface area (Å²) >= 11 is 0. The minimum absolute atomic E-state index is 0.0579. The Labute approximate surface area is 132 Å². The highest BCUT2D eigenvalue weighted by molar-refractivity contribution is 6.06. The molecule has 1 N–H and O–H groups in total. The maximum Gasteiger partial charge on any atom is 0.254 e. The fourth-order valence-corrected chi connectivity index (χ4v) is 3.11. The second-order valence-electron chi connectivity index (χ2n) is 5.66. The molecule has 5 heteroatoms. The molecule has 3 heterocycles. The van der Waals surface area contributed by atoms with E-state index in [1.54, 1.807) is 23.4 Å². The maximum atomic E-state index is 12.9. The van der Waals surface area contributed by atoms with Crippen LogP contribution in [-0.4, -0.2) is 27.3 Å². The van der Waals surface area contributed by atoms with E-state index in [9.17, 15) is 9.59 Å². The molecule has 0 atom stereocenters. The second-order valence-corrected chi connectivity index (χ2v) is 5.66. The number of hydrogen-bond donors (Lipinski definition) is 1. The number of aromatic nitrogens is 2. The lowest BCUT2D eigenvalue weighted by Gasteiger charge is -2.28. The van der Waals surface area contributed by atoms with E-state index in [-0.39, 0.29) is 11.5 Å². The van der Waals surface area contributed by atoms with Crippen LogP contribution in [0.5, 0.6) is 0 Å². The predicted octanol–water partition coefficient (Wildman–Crippen LogP) is 2.12. The number of fused-ring (bicyclic) bond motifs is 2. The lowest BCUT2D eigenvalue weighted by molar-refractivity contribution is 0.0736. The summed E-state index contributed by atoms with van der Waals surface area (Å²) in [6.45, 7) is 0.965. The predicted molar refractivity (Wildman–Crippen MR) is 87.3 cm³/mol. The van der Waals surface area contributed by atoms with Gasteiger partial charge < -0.3 is 9.88 Å². The van der Waals surface area contributed by atoms with Crippen molar-refractivity contribution >= 4 is 16.8 Å². The van der Waals surface area contributed by atoms with Gasteiger partial charge >= 0.3 is 0 Å². The van der Waals surface area contributed by atoms with Crippen LogP contribution < -0.4 is 5.56 Å². The van der Waals surface area contributed by atoms with Crippen molar-refractivity contribution in [2.45, 2.75) is 13.0 Å². The Morgan fingerprint density at radius 2 is 2.04 bits per heavy atom. The summed E-state index contributed by atoms with van der Waals surface area (Å²) in [5.41, 5.74) is 3.03. The van der Waals surface area contributed by atoms with Crippen molar-refractivity contribution in [2.24, 2.45) is 0 Å². The first-order chi connectivity index (χ1) is 11.2. The van der Waals surface area contributed by atoms with Gasteiger partial charge in [0, 0.05) is 29.9 Å². The number of carbonyl (C=O) groups excluding carboxylic acids is 1. The number of amides is 1. The van der Waals surface area contributed by atoms with Gasteiger partial charge in [0.25, 0.3) is 11.5 Å². The molecule has 0 bridgehead atoms. The van der Waals surface area contributed by atoms with Gasteiger partial charge in [0.2, 0.25) is 0 Å². The summed E-state index contributed by atoms with van der Waals surface area (Å²) < 4.78 is 0. The Hall–Kier alpha value is -2.95. The SMILES string of the molecule is O=C(c1ccnc2ccccc12)N1CCc2cc[nH]c(=O)c2C1. The van der Waals surface area contributed by atoms with Crippen LogP contribution in [0.3, 0.4) is 0 Å². The molecule has 5 nitrogen and oxygen atoms in total. The average molecular weight is 305 g/mol. The quantitative estimate of drug-likeness (QED) is 0.749. The van der Waals surface area contributed by atoms with Crippen molar-refractivity contribution in [2.75, 3.05) is 6.54 Å². The fraction of sp³-hybridized carbons (Fsp3) is 0.167. The number of benzene rings is 1. The van der Waals surface area contributed by atoms with Crippen LogP contribution >= 0.6 is 0 Å². The Morgan fingerprint density at radius 1 is 1.17 bits per heavy atom. The summed E-state index contributed by atoms with van der Waals surface area (Å²) in [5.74, 6) is -0.0579. The number of nitrogens with one attached hydrogen (secondary N) is 1. The van der Waals surface area contributed by atoms with Gasteiger partial charge in [-0.3, -0.25) is 14.6 Å². The molecule has 1 aromatic carbocycles. The molecule has 3 aromatic rings. The van der Waals surface area contributed by atoms with Crippen molar-refractivity contribution in [3.8, 4) is 0 Å². The molecule has 0 fully saturated rings. The number of aromatic amines is 1. The minimum atomic E-state index is -0.111. The maximum absolute atomic E-state index is 12.9. The van der Waals surface area contributed by atoms with E-state index in [1.807, 2.05) is 30.3 Å². The van der Waals surface area contributed by atoms with Gasteiger partial charge in [0.05, 0.1) is 17.6 Å². The van der Waals surface area contributed by atoms with E-state index in [1.165, 1.54) is 0 Å². The topological polar surface area (TPSA) is 66.1 Å². The molecule has 1 aliphatic rings. The van der Waals surface area contributed by atoms with Gasteiger partial charge in [-0.05, 0) is 30.2 Å². The van der Waals surface area contributed by atoms with Crippen LogP contribution in [0.15, 0.2) is 53.6 Å². The summed E-state index contributed by atoms with van der Waals surface area (Å²) in [7, 11) is 0.